The van der Waals surface area contributed by atoms with E-state index in [-0.39, 0.29) is 21.7 Å². The normalized spacial score (nSPS) is 29.3. The van der Waals surface area contributed by atoms with Crippen molar-refractivity contribution in [3.05, 3.63) is 34.6 Å². The summed E-state index contributed by atoms with van der Waals surface area (Å²) in [6, 6.07) is 6.10. The van der Waals surface area contributed by atoms with Gasteiger partial charge in [0.25, 0.3) is 0 Å². The monoisotopic (exact) mass is 309 g/mol. The fourth-order valence-corrected chi connectivity index (χ4v) is 3.67. The van der Waals surface area contributed by atoms with Gasteiger partial charge >= 0.3 is 0 Å². The molecule has 2 saturated carbocycles. The SMILES string of the molecule is CC(C)(C)C1CC(CNC2CC2)(c2cccc(Cl)c2F)C1. The van der Waals surface area contributed by atoms with Crippen molar-refractivity contribution in [1.82, 2.24) is 5.32 Å². The Morgan fingerprint density at radius 1 is 1.29 bits per heavy atom. The minimum Gasteiger partial charge on any atom is -0.313 e. The Labute approximate surface area is 132 Å². The standard InChI is InChI=1S/C18H25ClFN/c1-17(2,3)12-9-18(10-12,11-21-13-7-8-13)14-5-4-6-15(19)16(14)20/h4-6,12-13,21H,7-11H2,1-3H3. The fraction of sp³-hybridized carbons (Fsp3) is 0.667. The highest BCUT2D eigenvalue weighted by Crippen LogP contribution is 2.55. The molecule has 0 spiro atoms. The Balaban J connectivity index is 1.84. The molecule has 3 rings (SSSR count). The summed E-state index contributed by atoms with van der Waals surface area (Å²) in [6.45, 7) is 7.72. The van der Waals surface area contributed by atoms with Gasteiger partial charge in [0, 0.05) is 18.0 Å². The van der Waals surface area contributed by atoms with Crippen LogP contribution in [-0.2, 0) is 5.41 Å². The molecule has 1 nitrogen and oxygen atoms in total. The Morgan fingerprint density at radius 2 is 1.95 bits per heavy atom. The third-order valence-corrected chi connectivity index (χ3v) is 5.62. The molecule has 0 saturated heterocycles. The van der Waals surface area contributed by atoms with Gasteiger partial charge in [0.2, 0.25) is 0 Å². The molecule has 0 unspecified atom stereocenters. The summed E-state index contributed by atoms with van der Waals surface area (Å²) in [5, 5.41) is 3.85. The van der Waals surface area contributed by atoms with Crippen LogP contribution in [-0.4, -0.2) is 12.6 Å². The van der Waals surface area contributed by atoms with Crippen LogP contribution in [0.25, 0.3) is 0 Å². The Bertz CT molecular complexity index is 525. The van der Waals surface area contributed by atoms with Crippen molar-refractivity contribution in [1.29, 1.82) is 0 Å². The molecule has 0 aromatic heterocycles. The first-order chi connectivity index (χ1) is 9.82. The third-order valence-electron chi connectivity index (χ3n) is 5.33. The lowest BCUT2D eigenvalue weighted by atomic mass is 9.52. The average Bonchev–Trinajstić information content (AvgIpc) is 3.15. The minimum absolute atomic E-state index is 0.0739. The molecule has 2 fully saturated rings. The maximum Gasteiger partial charge on any atom is 0.145 e. The Hall–Kier alpha value is -0.600. The van der Waals surface area contributed by atoms with E-state index in [4.69, 9.17) is 11.6 Å². The van der Waals surface area contributed by atoms with E-state index in [0.29, 0.717) is 12.0 Å². The highest BCUT2D eigenvalue weighted by atomic mass is 35.5. The first-order valence-electron chi connectivity index (χ1n) is 8.00. The molecule has 3 heteroatoms. The molecule has 2 aliphatic rings. The van der Waals surface area contributed by atoms with Gasteiger partial charge in [-0.05, 0) is 48.6 Å². The van der Waals surface area contributed by atoms with Crippen LogP contribution in [0.4, 0.5) is 4.39 Å². The summed E-state index contributed by atoms with van der Waals surface area (Å²) in [6.07, 6.45) is 4.62. The molecule has 0 radical (unpaired) electrons. The number of benzene rings is 1. The number of hydrogen-bond donors (Lipinski definition) is 1. The van der Waals surface area contributed by atoms with E-state index in [2.05, 4.69) is 26.1 Å². The number of nitrogens with one attached hydrogen (secondary N) is 1. The zero-order chi connectivity index (χ0) is 15.3. The molecule has 116 valence electrons. The first-order valence-corrected chi connectivity index (χ1v) is 8.37. The summed E-state index contributed by atoms with van der Waals surface area (Å²) < 4.78 is 14.5. The van der Waals surface area contributed by atoms with Crippen molar-refractivity contribution in [3.8, 4) is 0 Å². The Morgan fingerprint density at radius 3 is 2.52 bits per heavy atom. The van der Waals surface area contributed by atoms with E-state index < -0.39 is 0 Å². The van der Waals surface area contributed by atoms with E-state index >= 15 is 0 Å². The van der Waals surface area contributed by atoms with Crippen LogP contribution in [0.1, 0.15) is 52.0 Å². The van der Waals surface area contributed by atoms with Gasteiger partial charge in [-0.2, -0.15) is 0 Å². The second kappa shape index (κ2) is 5.24. The fourth-order valence-electron chi connectivity index (χ4n) is 3.50. The lowest BCUT2D eigenvalue weighted by Crippen LogP contribution is -2.52. The molecule has 1 aromatic rings. The molecule has 0 amide bonds. The second-order valence-electron chi connectivity index (χ2n) is 8.01. The molecule has 21 heavy (non-hydrogen) atoms. The highest BCUT2D eigenvalue weighted by molar-refractivity contribution is 6.30. The number of hydrogen-bond acceptors (Lipinski definition) is 1. The van der Waals surface area contributed by atoms with E-state index in [1.165, 1.54) is 12.8 Å². The van der Waals surface area contributed by atoms with Gasteiger partial charge in [-0.25, -0.2) is 4.39 Å². The maximum atomic E-state index is 14.5. The Kier molecular flexibility index (Phi) is 3.82. The number of halogens is 2. The zero-order valence-corrected chi connectivity index (χ0v) is 13.9. The molecule has 0 heterocycles. The van der Waals surface area contributed by atoms with Crippen LogP contribution in [0.3, 0.4) is 0 Å². The van der Waals surface area contributed by atoms with E-state index in [1.807, 2.05) is 12.1 Å². The smallest absolute Gasteiger partial charge is 0.145 e. The molecular weight excluding hydrogens is 285 g/mol. The van der Waals surface area contributed by atoms with Crippen molar-refractivity contribution in [2.24, 2.45) is 11.3 Å². The zero-order valence-electron chi connectivity index (χ0n) is 13.2. The van der Waals surface area contributed by atoms with Crippen molar-refractivity contribution in [2.75, 3.05) is 6.54 Å². The van der Waals surface area contributed by atoms with Crippen LogP contribution in [0.5, 0.6) is 0 Å². The summed E-state index contributed by atoms with van der Waals surface area (Å²) in [7, 11) is 0. The first kappa shape index (κ1) is 15.3. The quantitative estimate of drug-likeness (QED) is 0.832. The van der Waals surface area contributed by atoms with Crippen LogP contribution >= 0.6 is 11.6 Å². The summed E-state index contributed by atoms with van der Waals surface area (Å²) in [5.74, 6) is 0.431. The van der Waals surface area contributed by atoms with Crippen molar-refractivity contribution < 1.29 is 4.39 Å². The van der Waals surface area contributed by atoms with E-state index in [1.54, 1.807) is 6.07 Å². The van der Waals surface area contributed by atoms with Crippen molar-refractivity contribution in [3.63, 3.8) is 0 Å². The van der Waals surface area contributed by atoms with Gasteiger partial charge in [-0.15, -0.1) is 0 Å². The third kappa shape index (κ3) is 2.98. The van der Waals surface area contributed by atoms with Crippen LogP contribution in [0.2, 0.25) is 5.02 Å². The molecule has 0 atom stereocenters. The predicted molar refractivity (Wildman–Crippen MR) is 86.3 cm³/mol. The van der Waals surface area contributed by atoms with Crippen molar-refractivity contribution in [2.45, 2.75) is 57.9 Å². The highest BCUT2D eigenvalue weighted by Gasteiger charge is 2.50. The maximum absolute atomic E-state index is 14.5. The van der Waals surface area contributed by atoms with Gasteiger partial charge in [-0.3, -0.25) is 0 Å². The average molecular weight is 310 g/mol. The molecule has 2 aliphatic carbocycles. The lowest BCUT2D eigenvalue weighted by Gasteiger charge is -2.53. The van der Waals surface area contributed by atoms with E-state index in [9.17, 15) is 4.39 Å². The van der Waals surface area contributed by atoms with Gasteiger partial charge in [0.05, 0.1) is 5.02 Å². The summed E-state index contributed by atoms with van der Waals surface area (Å²) >= 11 is 6.01. The topological polar surface area (TPSA) is 12.0 Å². The van der Waals surface area contributed by atoms with Gasteiger partial charge in [-0.1, -0.05) is 44.5 Å². The van der Waals surface area contributed by atoms with Gasteiger partial charge in [0.1, 0.15) is 5.82 Å². The minimum atomic E-state index is -0.218. The molecular formula is C18H25ClFN. The summed E-state index contributed by atoms with van der Waals surface area (Å²) in [4.78, 5) is 0. The lowest BCUT2D eigenvalue weighted by molar-refractivity contribution is 0.0424. The predicted octanol–water partition coefficient (Wildman–Crippen LogP) is 4.93. The van der Waals surface area contributed by atoms with Crippen LogP contribution in [0, 0.1) is 17.2 Å². The second-order valence-corrected chi connectivity index (χ2v) is 8.42. The molecule has 1 N–H and O–H groups in total. The van der Waals surface area contributed by atoms with Crippen LogP contribution < -0.4 is 5.32 Å². The molecule has 0 bridgehead atoms. The molecule has 1 aromatic carbocycles. The number of rotatable bonds is 4. The van der Waals surface area contributed by atoms with Gasteiger partial charge in [0.15, 0.2) is 0 Å². The van der Waals surface area contributed by atoms with E-state index in [0.717, 1.165) is 24.9 Å². The largest absolute Gasteiger partial charge is 0.313 e. The summed E-state index contributed by atoms with van der Waals surface area (Å²) in [5.41, 5.74) is 1.02. The van der Waals surface area contributed by atoms with Gasteiger partial charge < -0.3 is 5.32 Å². The molecule has 0 aliphatic heterocycles. The van der Waals surface area contributed by atoms with Crippen molar-refractivity contribution >= 4 is 11.6 Å². The van der Waals surface area contributed by atoms with Crippen LogP contribution in [0.15, 0.2) is 18.2 Å².